The molecule has 1 aliphatic heterocycles. The summed E-state index contributed by atoms with van der Waals surface area (Å²) in [5.41, 5.74) is 0.362. The number of imide groups is 1. The minimum atomic E-state index is -0.679. The van der Waals surface area contributed by atoms with E-state index in [1.165, 1.54) is 4.90 Å². The number of nitrogens with one attached hydrogen (secondary N) is 1. The fraction of sp³-hybridized carbons (Fsp3) is 0.250. The summed E-state index contributed by atoms with van der Waals surface area (Å²) < 4.78 is 0.801. The number of amides is 3. The van der Waals surface area contributed by atoms with Crippen LogP contribution >= 0.6 is 28.6 Å². The molecule has 3 amide bonds. The molecule has 0 bridgehead atoms. The third kappa shape index (κ3) is 2.82. The molecule has 0 radical (unpaired) electrons. The molecule has 0 spiro atoms. The third-order valence-corrected chi connectivity index (χ3v) is 3.74. The van der Waals surface area contributed by atoms with Crippen LogP contribution in [0.25, 0.3) is 0 Å². The number of thiol groups is 1. The minimum absolute atomic E-state index is 0.130. The van der Waals surface area contributed by atoms with Gasteiger partial charge in [0.05, 0.1) is 5.56 Å². The molecule has 0 saturated carbocycles. The van der Waals surface area contributed by atoms with E-state index in [-0.39, 0.29) is 12.5 Å². The number of carbonyl (C=O) groups excluding carboxylic acids is 3. The second kappa shape index (κ2) is 5.34. The maximum Gasteiger partial charge on any atom is 0.256 e. The lowest BCUT2D eigenvalue weighted by Crippen LogP contribution is -2.58. The molecule has 1 N–H and O–H groups in total. The van der Waals surface area contributed by atoms with Crippen molar-refractivity contribution in [1.29, 1.82) is 0 Å². The number of hydrogen-bond donors (Lipinski definition) is 2. The van der Waals surface area contributed by atoms with Gasteiger partial charge in [-0.15, -0.1) is 12.6 Å². The van der Waals surface area contributed by atoms with E-state index in [9.17, 15) is 14.4 Å². The van der Waals surface area contributed by atoms with Crippen molar-refractivity contribution in [3.05, 3.63) is 28.2 Å². The molecule has 1 fully saturated rings. The van der Waals surface area contributed by atoms with Gasteiger partial charge in [0.2, 0.25) is 11.8 Å². The van der Waals surface area contributed by atoms with Crippen LogP contribution in [0.5, 0.6) is 0 Å². The van der Waals surface area contributed by atoms with Crippen molar-refractivity contribution in [2.45, 2.75) is 17.9 Å². The van der Waals surface area contributed by atoms with Crippen molar-refractivity contribution < 1.29 is 14.4 Å². The van der Waals surface area contributed by atoms with Crippen molar-refractivity contribution in [3.63, 3.8) is 0 Å². The zero-order chi connectivity index (χ0) is 14.2. The van der Waals surface area contributed by atoms with Crippen LogP contribution in [0.1, 0.15) is 17.3 Å². The number of rotatable bonds is 1. The van der Waals surface area contributed by atoms with E-state index in [2.05, 4.69) is 33.9 Å². The van der Waals surface area contributed by atoms with Crippen molar-refractivity contribution in [3.8, 4) is 0 Å². The molecule has 2 rings (SSSR count). The summed E-state index contributed by atoms with van der Waals surface area (Å²) >= 11 is 7.52. The third-order valence-electron chi connectivity index (χ3n) is 2.87. The van der Waals surface area contributed by atoms with E-state index >= 15 is 0 Å². The number of carbonyl (C=O) groups is 3. The average molecular weight is 343 g/mol. The molecule has 0 aliphatic carbocycles. The van der Waals surface area contributed by atoms with Gasteiger partial charge in [0.1, 0.15) is 12.6 Å². The molecule has 1 aliphatic rings. The van der Waals surface area contributed by atoms with Crippen LogP contribution < -0.4 is 5.32 Å². The topological polar surface area (TPSA) is 66.5 Å². The Morgan fingerprint density at radius 1 is 1.47 bits per heavy atom. The van der Waals surface area contributed by atoms with Crippen LogP contribution in [-0.4, -0.2) is 35.2 Å². The van der Waals surface area contributed by atoms with Gasteiger partial charge in [0.25, 0.3) is 5.91 Å². The van der Waals surface area contributed by atoms with E-state index in [1.807, 2.05) is 0 Å². The summed E-state index contributed by atoms with van der Waals surface area (Å²) in [5, 5.41) is 2.19. The zero-order valence-corrected chi connectivity index (χ0v) is 12.5. The predicted octanol–water partition coefficient (Wildman–Crippen LogP) is 1.22. The summed E-state index contributed by atoms with van der Waals surface area (Å²) in [6, 6.07) is 4.33. The molecule has 1 aromatic rings. The van der Waals surface area contributed by atoms with Gasteiger partial charge in [-0.3, -0.25) is 19.7 Å². The smallest absolute Gasteiger partial charge is 0.256 e. The lowest BCUT2D eigenvalue weighted by Gasteiger charge is -2.31. The predicted molar refractivity (Wildman–Crippen MR) is 75.0 cm³/mol. The fourth-order valence-corrected chi connectivity index (χ4v) is 2.65. The normalized spacial score (nSPS) is 19.3. The first-order chi connectivity index (χ1) is 8.90. The van der Waals surface area contributed by atoms with Gasteiger partial charge in [-0.2, -0.15) is 0 Å². The molecule has 1 saturated heterocycles. The summed E-state index contributed by atoms with van der Waals surface area (Å²) in [4.78, 5) is 37.0. The number of piperazine rings is 1. The molecule has 5 nitrogen and oxygen atoms in total. The van der Waals surface area contributed by atoms with Gasteiger partial charge in [0, 0.05) is 9.37 Å². The molecule has 19 heavy (non-hydrogen) atoms. The molecule has 100 valence electrons. The molecule has 1 unspecified atom stereocenters. The van der Waals surface area contributed by atoms with Gasteiger partial charge in [-0.05, 0) is 25.1 Å². The lowest BCUT2D eigenvalue weighted by atomic mass is 10.1. The van der Waals surface area contributed by atoms with Crippen LogP contribution in [0.3, 0.4) is 0 Å². The largest absolute Gasteiger partial charge is 0.318 e. The second-order valence-corrected chi connectivity index (χ2v) is 5.58. The highest BCUT2D eigenvalue weighted by atomic mass is 79.9. The Kier molecular flexibility index (Phi) is 3.96. The Hall–Kier alpha value is -1.34. The standard InChI is InChI=1S/C12H11BrN2O3S/c1-6-11(17)14-10(16)5-15(6)12(18)8-3-2-7(13)4-9(8)19/h2-4,6,19H,5H2,1H3,(H,14,16,17). The van der Waals surface area contributed by atoms with Crippen LogP contribution in [0.2, 0.25) is 0 Å². The minimum Gasteiger partial charge on any atom is -0.318 e. The Bertz CT molecular complexity index is 576. The highest BCUT2D eigenvalue weighted by Gasteiger charge is 2.34. The molecular weight excluding hydrogens is 332 g/mol. The van der Waals surface area contributed by atoms with Gasteiger partial charge in [-0.25, -0.2) is 0 Å². The van der Waals surface area contributed by atoms with Gasteiger partial charge >= 0.3 is 0 Å². The number of nitrogens with zero attached hydrogens (tertiary/aromatic N) is 1. The van der Waals surface area contributed by atoms with Crippen LogP contribution in [0.15, 0.2) is 27.6 Å². The number of halogens is 1. The quantitative estimate of drug-likeness (QED) is 0.595. The molecular formula is C12H11BrN2O3S. The van der Waals surface area contributed by atoms with Gasteiger partial charge in [0.15, 0.2) is 0 Å². The number of benzene rings is 1. The summed E-state index contributed by atoms with van der Waals surface area (Å²) in [5.74, 6) is -1.33. The SMILES string of the molecule is CC1C(=O)NC(=O)CN1C(=O)c1ccc(Br)cc1S. The molecule has 7 heteroatoms. The first kappa shape index (κ1) is 14.1. The molecule has 1 atom stereocenters. The number of hydrogen-bond acceptors (Lipinski definition) is 4. The van der Waals surface area contributed by atoms with Gasteiger partial charge < -0.3 is 4.90 Å². The van der Waals surface area contributed by atoms with Crippen LogP contribution in [0, 0.1) is 0 Å². The van der Waals surface area contributed by atoms with Crippen molar-refractivity contribution in [1.82, 2.24) is 10.2 Å². The molecule has 1 aromatic carbocycles. The molecule has 1 heterocycles. The second-order valence-electron chi connectivity index (χ2n) is 4.18. The Morgan fingerprint density at radius 2 is 2.16 bits per heavy atom. The van der Waals surface area contributed by atoms with E-state index < -0.39 is 17.9 Å². The zero-order valence-electron chi connectivity index (χ0n) is 10.0. The Labute approximate surface area is 123 Å². The van der Waals surface area contributed by atoms with Crippen LogP contribution in [-0.2, 0) is 9.59 Å². The first-order valence-electron chi connectivity index (χ1n) is 5.53. The molecule has 0 aromatic heterocycles. The van der Waals surface area contributed by atoms with E-state index in [0.717, 1.165) is 4.47 Å². The highest BCUT2D eigenvalue weighted by molar-refractivity contribution is 9.10. The maximum atomic E-state index is 12.4. The lowest BCUT2D eigenvalue weighted by molar-refractivity contribution is -0.138. The van der Waals surface area contributed by atoms with E-state index in [1.54, 1.807) is 25.1 Å². The summed E-state index contributed by atoms with van der Waals surface area (Å²) in [6.45, 7) is 1.45. The monoisotopic (exact) mass is 342 g/mol. The van der Waals surface area contributed by atoms with Crippen molar-refractivity contribution in [2.24, 2.45) is 0 Å². The van der Waals surface area contributed by atoms with E-state index in [0.29, 0.717) is 10.5 Å². The Morgan fingerprint density at radius 3 is 2.79 bits per heavy atom. The summed E-state index contributed by atoms with van der Waals surface area (Å²) in [7, 11) is 0. The van der Waals surface area contributed by atoms with Gasteiger partial charge in [-0.1, -0.05) is 15.9 Å². The summed E-state index contributed by atoms with van der Waals surface area (Å²) in [6.07, 6.45) is 0. The van der Waals surface area contributed by atoms with E-state index in [4.69, 9.17) is 0 Å². The van der Waals surface area contributed by atoms with Crippen molar-refractivity contribution >= 4 is 46.3 Å². The Balaban J connectivity index is 2.32. The van der Waals surface area contributed by atoms with Crippen LogP contribution in [0.4, 0.5) is 0 Å². The first-order valence-corrected chi connectivity index (χ1v) is 6.77. The highest BCUT2D eigenvalue weighted by Crippen LogP contribution is 2.22. The maximum absolute atomic E-state index is 12.4. The average Bonchev–Trinajstić information content (AvgIpc) is 2.33. The van der Waals surface area contributed by atoms with Crippen molar-refractivity contribution in [2.75, 3.05) is 6.54 Å². The fourth-order valence-electron chi connectivity index (χ4n) is 1.80.